The molecule has 0 saturated carbocycles. The summed E-state index contributed by atoms with van der Waals surface area (Å²) in [5, 5.41) is 9.83. The number of hydrogen-bond donors (Lipinski definition) is 3. The maximum absolute atomic E-state index is 13.8. The zero-order chi connectivity index (χ0) is 19.8. The highest BCUT2D eigenvalue weighted by Gasteiger charge is 2.14. The summed E-state index contributed by atoms with van der Waals surface area (Å²) in [5.74, 6) is -0.210. The highest BCUT2D eigenvalue weighted by molar-refractivity contribution is 5.97. The number of aryl methyl sites for hydroxylation is 1. The number of carbonyl (C=O) groups excluding carboxylic acids is 1. The van der Waals surface area contributed by atoms with Gasteiger partial charge in [-0.3, -0.25) is 10.1 Å². The number of benzene rings is 2. The number of fused-ring (bicyclic) bond motifs is 2. The van der Waals surface area contributed by atoms with E-state index in [2.05, 4.69) is 25.5 Å². The number of carbonyl (C=O) groups is 1. The summed E-state index contributed by atoms with van der Waals surface area (Å²) >= 11 is 0. The summed E-state index contributed by atoms with van der Waals surface area (Å²) in [5.41, 5.74) is 2.86. The largest absolute Gasteiger partial charge is 0.450 e. The van der Waals surface area contributed by atoms with E-state index in [-0.39, 0.29) is 12.6 Å². The van der Waals surface area contributed by atoms with Gasteiger partial charge in [0, 0.05) is 10.9 Å². The number of imidazole rings is 1. The molecule has 3 N–H and O–H groups in total. The monoisotopic (exact) mass is 381 g/mol. The molecule has 0 saturated heterocycles. The van der Waals surface area contributed by atoms with E-state index < -0.39 is 17.5 Å². The molecular weight excluding hydrogens is 365 g/mol. The molecule has 2 heterocycles. The first-order valence-electron chi connectivity index (χ1n) is 8.58. The lowest BCUT2D eigenvalue weighted by Crippen LogP contribution is -2.14. The Hall–Kier alpha value is -3.75. The average molecular weight is 381 g/mol. The summed E-state index contributed by atoms with van der Waals surface area (Å²) in [7, 11) is 0. The fraction of sp³-hybridized carbons (Fsp3) is 0.158. The Morgan fingerprint density at radius 1 is 1.25 bits per heavy atom. The number of hydrogen-bond acceptors (Lipinski definition) is 5. The van der Waals surface area contributed by atoms with Crippen molar-refractivity contribution in [3.8, 4) is 11.3 Å². The van der Waals surface area contributed by atoms with E-state index in [1.807, 2.05) is 13.0 Å². The van der Waals surface area contributed by atoms with Crippen molar-refractivity contribution in [1.82, 2.24) is 20.2 Å². The second-order valence-corrected chi connectivity index (χ2v) is 6.21. The molecule has 0 aliphatic carbocycles. The lowest BCUT2D eigenvalue weighted by molar-refractivity contribution is 0.167. The van der Waals surface area contributed by atoms with Crippen molar-refractivity contribution in [2.75, 3.05) is 11.9 Å². The van der Waals surface area contributed by atoms with Gasteiger partial charge in [-0.05, 0) is 49.7 Å². The van der Waals surface area contributed by atoms with Crippen LogP contribution in [-0.4, -0.2) is 32.9 Å². The van der Waals surface area contributed by atoms with Crippen LogP contribution in [0, 0.1) is 12.7 Å². The molecule has 0 bridgehead atoms. The van der Waals surface area contributed by atoms with Crippen LogP contribution in [0.2, 0.25) is 0 Å². The van der Waals surface area contributed by atoms with Crippen molar-refractivity contribution in [3.05, 3.63) is 52.1 Å². The summed E-state index contributed by atoms with van der Waals surface area (Å²) in [6.45, 7) is 3.82. The highest BCUT2D eigenvalue weighted by Crippen LogP contribution is 2.30. The van der Waals surface area contributed by atoms with Crippen LogP contribution in [0.5, 0.6) is 0 Å². The topological polar surface area (TPSA) is 113 Å². The maximum atomic E-state index is 13.8. The van der Waals surface area contributed by atoms with E-state index in [0.717, 1.165) is 11.1 Å². The zero-order valence-corrected chi connectivity index (χ0v) is 15.1. The summed E-state index contributed by atoms with van der Waals surface area (Å²) < 4.78 is 18.6. The smallest absolute Gasteiger partial charge is 0.413 e. The normalized spacial score (nSPS) is 11.1. The Kier molecular flexibility index (Phi) is 4.26. The van der Waals surface area contributed by atoms with Crippen LogP contribution >= 0.6 is 0 Å². The number of nitrogens with zero attached hydrogens (tertiary/aromatic N) is 2. The average Bonchev–Trinajstić information content (AvgIpc) is 3.05. The second-order valence-electron chi connectivity index (χ2n) is 6.21. The lowest BCUT2D eigenvalue weighted by atomic mass is 10.0. The predicted octanol–water partition coefficient (Wildman–Crippen LogP) is 3.48. The molecule has 0 aliphatic rings. The number of rotatable bonds is 3. The molecule has 1 amide bonds. The molecule has 2 aromatic carbocycles. The van der Waals surface area contributed by atoms with E-state index in [9.17, 15) is 14.0 Å². The van der Waals surface area contributed by atoms with Gasteiger partial charge in [0.15, 0.2) is 0 Å². The number of ether oxygens (including phenoxy) is 1. The number of amides is 1. The van der Waals surface area contributed by atoms with Crippen LogP contribution < -0.4 is 10.9 Å². The molecule has 0 spiro atoms. The number of H-pyrrole nitrogens is 2. The van der Waals surface area contributed by atoms with Gasteiger partial charge in [0.05, 0.1) is 28.7 Å². The van der Waals surface area contributed by atoms with Crippen molar-refractivity contribution in [2.45, 2.75) is 13.8 Å². The fourth-order valence-corrected chi connectivity index (χ4v) is 3.10. The van der Waals surface area contributed by atoms with Gasteiger partial charge >= 0.3 is 6.09 Å². The minimum atomic E-state index is -0.608. The lowest BCUT2D eigenvalue weighted by Gasteiger charge is -2.07. The third-order valence-electron chi connectivity index (χ3n) is 4.31. The third-order valence-corrected chi connectivity index (χ3v) is 4.31. The molecule has 142 valence electrons. The van der Waals surface area contributed by atoms with Crippen LogP contribution in [0.15, 0.2) is 35.1 Å². The van der Waals surface area contributed by atoms with Crippen LogP contribution in [-0.2, 0) is 4.74 Å². The molecule has 0 aliphatic heterocycles. The van der Waals surface area contributed by atoms with Crippen molar-refractivity contribution >= 4 is 33.8 Å². The van der Waals surface area contributed by atoms with E-state index in [1.165, 1.54) is 18.2 Å². The molecular formula is C19H16FN5O3. The molecule has 4 rings (SSSR count). The molecule has 0 fully saturated rings. The first kappa shape index (κ1) is 17.7. The number of aromatic amines is 2. The zero-order valence-electron chi connectivity index (χ0n) is 15.1. The van der Waals surface area contributed by atoms with Gasteiger partial charge in [-0.25, -0.2) is 19.3 Å². The van der Waals surface area contributed by atoms with Crippen molar-refractivity contribution in [3.63, 3.8) is 0 Å². The Morgan fingerprint density at radius 2 is 2.07 bits per heavy atom. The Bertz CT molecular complexity index is 1280. The van der Waals surface area contributed by atoms with Crippen LogP contribution in [0.1, 0.15) is 12.5 Å². The van der Waals surface area contributed by atoms with E-state index in [1.54, 1.807) is 13.0 Å². The van der Waals surface area contributed by atoms with Gasteiger partial charge in [-0.2, -0.15) is 5.10 Å². The molecule has 4 aromatic rings. The summed E-state index contributed by atoms with van der Waals surface area (Å²) in [6.07, 6.45) is -0.608. The Labute approximate surface area is 157 Å². The number of aromatic nitrogens is 4. The minimum absolute atomic E-state index is 0.247. The molecule has 0 radical (unpaired) electrons. The molecule has 0 atom stereocenters. The van der Waals surface area contributed by atoms with Gasteiger partial charge in [-0.1, -0.05) is 0 Å². The van der Waals surface area contributed by atoms with Gasteiger partial charge < -0.3 is 9.72 Å². The van der Waals surface area contributed by atoms with Crippen molar-refractivity contribution < 1.29 is 13.9 Å². The maximum Gasteiger partial charge on any atom is 0.413 e. The van der Waals surface area contributed by atoms with Crippen molar-refractivity contribution in [1.29, 1.82) is 0 Å². The van der Waals surface area contributed by atoms with Gasteiger partial charge in [0.25, 0.3) is 5.56 Å². The van der Waals surface area contributed by atoms with Crippen LogP contribution in [0.4, 0.5) is 15.1 Å². The highest BCUT2D eigenvalue weighted by atomic mass is 19.1. The van der Waals surface area contributed by atoms with Gasteiger partial charge in [0.2, 0.25) is 5.95 Å². The van der Waals surface area contributed by atoms with E-state index in [0.29, 0.717) is 27.5 Å². The first-order chi connectivity index (χ1) is 13.5. The van der Waals surface area contributed by atoms with Gasteiger partial charge in [-0.15, -0.1) is 0 Å². The number of nitrogens with one attached hydrogen (secondary N) is 3. The van der Waals surface area contributed by atoms with E-state index in [4.69, 9.17) is 4.74 Å². The molecule has 8 nitrogen and oxygen atoms in total. The second kappa shape index (κ2) is 6.76. The fourth-order valence-electron chi connectivity index (χ4n) is 3.10. The van der Waals surface area contributed by atoms with E-state index >= 15 is 0 Å². The van der Waals surface area contributed by atoms with Crippen molar-refractivity contribution in [2.24, 2.45) is 0 Å². The van der Waals surface area contributed by atoms with Gasteiger partial charge in [0.1, 0.15) is 5.82 Å². The molecule has 28 heavy (non-hydrogen) atoms. The summed E-state index contributed by atoms with van der Waals surface area (Å²) in [4.78, 5) is 31.0. The van der Waals surface area contributed by atoms with Crippen LogP contribution in [0.25, 0.3) is 33.1 Å². The Balaban J connectivity index is 1.85. The quantitative estimate of drug-likeness (QED) is 0.503. The molecule has 2 aromatic heterocycles. The number of halogens is 1. The predicted molar refractivity (Wildman–Crippen MR) is 103 cm³/mol. The summed E-state index contributed by atoms with van der Waals surface area (Å²) in [6, 6.07) is 7.54. The molecule has 0 unspecified atom stereocenters. The number of anilines is 1. The standard InChI is InChI=1S/C19H16FN5O3/c1-3-28-19(27)23-18-21-14-7-10(6-9(2)15(14)22-18)16-13-8-11(20)4-5-12(13)17(26)25-24-16/h4-8H,3H2,1-2H3,(H,25,26)(H2,21,22,23,27). The SMILES string of the molecule is CCOC(=O)Nc1nc2cc(-c3n[nH]c(=O)c4ccc(F)cc34)cc(C)c2[nH]1. The molecule has 9 heteroatoms. The minimum Gasteiger partial charge on any atom is -0.450 e. The first-order valence-corrected chi connectivity index (χ1v) is 8.58. The van der Waals surface area contributed by atoms with Crippen LogP contribution in [0.3, 0.4) is 0 Å². The third kappa shape index (κ3) is 3.07. The Morgan fingerprint density at radius 3 is 2.86 bits per heavy atom.